The van der Waals surface area contributed by atoms with E-state index in [0.29, 0.717) is 17.4 Å². The lowest BCUT2D eigenvalue weighted by Crippen LogP contribution is -2.21. The van der Waals surface area contributed by atoms with Crippen LogP contribution in [-0.2, 0) is 4.79 Å². The van der Waals surface area contributed by atoms with Crippen LogP contribution in [0.5, 0.6) is 5.75 Å². The molecule has 0 aromatic heterocycles. The van der Waals surface area contributed by atoms with Crippen LogP contribution < -0.4 is 15.4 Å². The van der Waals surface area contributed by atoms with Crippen LogP contribution in [0, 0.1) is 11.3 Å². The minimum absolute atomic E-state index is 0.143. The van der Waals surface area contributed by atoms with Gasteiger partial charge in [-0.3, -0.25) is 4.79 Å². The van der Waals surface area contributed by atoms with Crippen LogP contribution in [-0.4, -0.2) is 18.6 Å². The van der Waals surface area contributed by atoms with Crippen molar-refractivity contribution >= 4 is 17.3 Å². The third-order valence-corrected chi connectivity index (χ3v) is 4.17. The van der Waals surface area contributed by atoms with E-state index in [1.165, 1.54) is 12.8 Å². The minimum atomic E-state index is -0.169. The number of benzene rings is 2. The number of carbonyl (C=O) groups excluding carboxylic acids is 1. The molecule has 2 aromatic rings. The van der Waals surface area contributed by atoms with Gasteiger partial charge in [-0.25, -0.2) is 0 Å². The topological polar surface area (TPSA) is 74.2 Å². The highest BCUT2D eigenvalue weighted by atomic mass is 16.5. The molecule has 0 bridgehead atoms. The van der Waals surface area contributed by atoms with Gasteiger partial charge in [0.25, 0.3) is 0 Å². The molecule has 0 aliphatic heterocycles. The van der Waals surface area contributed by atoms with Crippen LogP contribution in [0.2, 0.25) is 0 Å². The van der Waals surface area contributed by atoms with Crippen LogP contribution in [0.4, 0.5) is 11.4 Å². The molecule has 1 fully saturated rings. The molecule has 128 valence electrons. The molecule has 2 N–H and O–H groups in total. The van der Waals surface area contributed by atoms with Gasteiger partial charge in [0.15, 0.2) is 0 Å². The van der Waals surface area contributed by atoms with Crippen molar-refractivity contribution in [1.29, 1.82) is 5.26 Å². The fraction of sp³-hybridized carbons (Fsp3) is 0.300. The van der Waals surface area contributed by atoms with E-state index >= 15 is 0 Å². The molecule has 3 rings (SSSR count). The summed E-state index contributed by atoms with van der Waals surface area (Å²) in [5.41, 5.74) is 1.98. The Kier molecular flexibility index (Phi) is 5.53. The maximum absolute atomic E-state index is 12.1. The monoisotopic (exact) mass is 335 g/mol. The van der Waals surface area contributed by atoms with Crippen LogP contribution in [0.25, 0.3) is 0 Å². The lowest BCUT2D eigenvalue weighted by molar-refractivity contribution is -0.114. The first-order chi connectivity index (χ1) is 12.2. The van der Waals surface area contributed by atoms with Crippen LogP contribution in [0.3, 0.4) is 0 Å². The molecule has 1 amide bonds. The Hall–Kier alpha value is -3.00. The summed E-state index contributed by atoms with van der Waals surface area (Å²) in [7, 11) is 0. The summed E-state index contributed by atoms with van der Waals surface area (Å²) in [6.45, 7) is 0.143. The smallest absolute Gasteiger partial charge is 0.243 e. The first-order valence-electron chi connectivity index (χ1n) is 8.53. The normalized spacial score (nSPS) is 13.9. The second kappa shape index (κ2) is 8.20. The van der Waals surface area contributed by atoms with Crippen molar-refractivity contribution < 1.29 is 9.53 Å². The Morgan fingerprint density at radius 3 is 2.68 bits per heavy atom. The van der Waals surface area contributed by atoms with Gasteiger partial charge in [0, 0.05) is 17.4 Å². The van der Waals surface area contributed by atoms with Crippen molar-refractivity contribution in [3.8, 4) is 11.8 Å². The summed E-state index contributed by atoms with van der Waals surface area (Å²) < 4.78 is 5.97. The molecular formula is C20H21N3O2. The first-order valence-corrected chi connectivity index (χ1v) is 8.53. The molecule has 1 saturated carbocycles. The highest BCUT2D eigenvalue weighted by molar-refractivity contribution is 5.93. The van der Waals surface area contributed by atoms with E-state index in [0.717, 1.165) is 24.3 Å². The maximum atomic E-state index is 12.1. The Morgan fingerprint density at radius 1 is 1.12 bits per heavy atom. The molecule has 0 saturated heterocycles. The predicted octanol–water partition coefficient (Wildman–Crippen LogP) is 3.93. The van der Waals surface area contributed by atoms with Gasteiger partial charge in [-0.2, -0.15) is 5.26 Å². The standard InChI is InChI=1S/C20H21N3O2/c21-13-15-5-3-7-17(11-15)23-20(24)14-22-16-6-4-10-19(12-16)25-18-8-1-2-9-18/h3-7,10-12,18,22H,1-2,8-9,14H2,(H,23,24). The van der Waals surface area contributed by atoms with E-state index in [1.54, 1.807) is 24.3 Å². The molecule has 0 atom stereocenters. The zero-order chi connectivity index (χ0) is 17.5. The quantitative estimate of drug-likeness (QED) is 0.839. The van der Waals surface area contributed by atoms with Gasteiger partial charge in [-0.1, -0.05) is 12.1 Å². The zero-order valence-electron chi connectivity index (χ0n) is 14.0. The van der Waals surface area contributed by atoms with E-state index in [1.807, 2.05) is 24.3 Å². The third-order valence-electron chi connectivity index (χ3n) is 4.17. The molecule has 1 aliphatic rings. The number of ether oxygens (including phenoxy) is 1. The van der Waals surface area contributed by atoms with E-state index in [4.69, 9.17) is 10.00 Å². The van der Waals surface area contributed by atoms with E-state index in [9.17, 15) is 4.79 Å². The number of amides is 1. The summed E-state index contributed by atoms with van der Waals surface area (Å²) in [6, 6.07) is 16.6. The van der Waals surface area contributed by atoms with Crippen LogP contribution in [0.1, 0.15) is 31.2 Å². The lowest BCUT2D eigenvalue weighted by Gasteiger charge is -2.14. The number of nitriles is 1. The van der Waals surface area contributed by atoms with Crippen LogP contribution >= 0.6 is 0 Å². The minimum Gasteiger partial charge on any atom is -0.490 e. The Balaban J connectivity index is 1.52. The van der Waals surface area contributed by atoms with Crippen LogP contribution in [0.15, 0.2) is 48.5 Å². The van der Waals surface area contributed by atoms with Crippen molar-refractivity contribution in [1.82, 2.24) is 0 Å². The molecule has 2 aromatic carbocycles. The summed E-state index contributed by atoms with van der Waals surface area (Å²) in [5.74, 6) is 0.663. The second-order valence-corrected chi connectivity index (χ2v) is 6.15. The third kappa shape index (κ3) is 4.98. The molecule has 5 nitrogen and oxygen atoms in total. The summed E-state index contributed by atoms with van der Waals surface area (Å²) in [4.78, 5) is 12.1. The van der Waals surface area contributed by atoms with Gasteiger partial charge in [-0.05, 0) is 56.0 Å². The Bertz CT molecular complexity index is 777. The van der Waals surface area contributed by atoms with Gasteiger partial charge < -0.3 is 15.4 Å². The molecule has 5 heteroatoms. The predicted molar refractivity (Wildman–Crippen MR) is 97.6 cm³/mol. The largest absolute Gasteiger partial charge is 0.490 e. The van der Waals surface area contributed by atoms with Gasteiger partial charge >= 0.3 is 0 Å². The lowest BCUT2D eigenvalue weighted by atomic mass is 10.2. The maximum Gasteiger partial charge on any atom is 0.243 e. The van der Waals surface area contributed by atoms with Crippen molar-refractivity contribution in [3.63, 3.8) is 0 Å². The van der Waals surface area contributed by atoms with Gasteiger partial charge in [0.2, 0.25) is 5.91 Å². The summed E-state index contributed by atoms with van der Waals surface area (Å²) in [6.07, 6.45) is 5.00. The van der Waals surface area contributed by atoms with E-state index in [2.05, 4.69) is 16.7 Å². The van der Waals surface area contributed by atoms with Crippen molar-refractivity contribution in [2.45, 2.75) is 31.8 Å². The average Bonchev–Trinajstić information content (AvgIpc) is 3.13. The average molecular weight is 335 g/mol. The number of anilines is 2. The molecule has 0 unspecified atom stereocenters. The van der Waals surface area contributed by atoms with E-state index in [-0.39, 0.29) is 12.5 Å². The number of nitrogens with one attached hydrogen (secondary N) is 2. The van der Waals surface area contributed by atoms with Gasteiger partial charge in [0.05, 0.1) is 24.3 Å². The number of hydrogen-bond acceptors (Lipinski definition) is 4. The Labute approximate surface area is 147 Å². The molecule has 1 aliphatic carbocycles. The van der Waals surface area contributed by atoms with Crippen molar-refractivity contribution in [2.24, 2.45) is 0 Å². The SMILES string of the molecule is N#Cc1cccc(NC(=O)CNc2cccc(OC3CCCC3)c2)c1. The van der Waals surface area contributed by atoms with Crippen molar-refractivity contribution in [2.75, 3.05) is 17.2 Å². The number of nitrogens with zero attached hydrogens (tertiary/aromatic N) is 1. The van der Waals surface area contributed by atoms with Gasteiger partial charge in [0.1, 0.15) is 5.75 Å². The molecule has 25 heavy (non-hydrogen) atoms. The van der Waals surface area contributed by atoms with Gasteiger partial charge in [-0.15, -0.1) is 0 Å². The first kappa shape index (κ1) is 16.8. The fourth-order valence-electron chi connectivity index (χ4n) is 2.93. The highest BCUT2D eigenvalue weighted by Crippen LogP contribution is 2.25. The number of hydrogen-bond donors (Lipinski definition) is 2. The fourth-order valence-corrected chi connectivity index (χ4v) is 2.93. The Morgan fingerprint density at radius 2 is 1.88 bits per heavy atom. The molecule has 0 heterocycles. The molecule has 0 spiro atoms. The molecular weight excluding hydrogens is 314 g/mol. The highest BCUT2D eigenvalue weighted by Gasteiger charge is 2.16. The molecule has 0 radical (unpaired) electrons. The number of rotatable bonds is 6. The second-order valence-electron chi connectivity index (χ2n) is 6.15. The summed E-state index contributed by atoms with van der Waals surface area (Å²) >= 11 is 0. The summed E-state index contributed by atoms with van der Waals surface area (Å²) in [5, 5.41) is 14.8. The number of carbonyl (C=O) groups is 1. The zero-order valence-corrected chi connectivity index (χ0v) is 14.0. The van der Waals surface area contributed by atoms with E-state index < -0.39 is 0 Å². The van der Waals surface area contributed by atoms with Crippen molar-refractivity contribution in [3.05, 3.63) is 54.1 Å².